The van der Waals surface area contributed by atoms with Gasteiger partial charge in [0.2, 0.25) is 0 Å². The number of rotatable bonds is 15. The Hall–Kier alpha value is -0.0800. The largest absolute Gasteiger partial charge is 0.393 e. The fraction of sp³-hybridized carbons (Fsp3) is 1.00. The molecular weight excluding hydrogens is 248 g/mol. The highest BCUT2D eigenvalue weighted by molar-refractivity contribution is 4.59. The van der Waals surface area contributed by atoms with Crippen molar-refractivity contribution < 1.29 is 10.2 Å². The Bertz CT molecular complexity index is 182. The maximum Gasteiger partial charge on any atom is 0.0540 e. The first kappa shape index (κ1) is 19.9. The molecule has 0 fully saturated rings. The van der Waals surface area contributed by atoms with Gasteiger partial charge in [-0.1, -0.05) is 78.1 Å². The Morgan fingerprint density at radius 2 is 0.850 bits per heavy atom. The minimum absolute atomic E-state index is 0.0815. The Balaban J connectivity index is 3.22. The number of unbranched alkanes of at least 4 members (excludes halogenated alkanes) is 7. The quantitative estimate of drug-likeness (QED) is 0.406. The van der Waals surface area contributed by atoms with Crippen molar-refractivity contribution in [2.75, 3.05) is 0 Å². The highest BCUT2D eigenvalue weighted by atomic mass is 16.3. The summed E-state index contributed by atoms with van der Waals surface area (Å²) in [6.07, 6.45) is 15.7. The molecule has 0 bridgehead atoms. The minimum atomic E-state index is -0.0842. The van der Waals surface area contributed by atoms with E-state index in [1.54, 1.807) is 0 Å². The maximum atomic E-state index is 9.85. The molecule has 0 radical (unpaired) electrons. The molecule has 2 nitrogen and oxygen atoms in total. The molecule has 2 heteroatoms. The summed E-state index contributed by atoms with van der Waals surface area (Å²) >= 11 is 0. The summed E-state index contributed by atoms with van der Waals surface area (Å²) in [6.45, 7) is 4.38. The first-order valence-electron chi connectivity index (χ1n) is 9.06. The van der Waals surface area contributed by atoms with Crippen LogP contribution in [-0.2, 0) is 0 Å². The van der Waals surface area contributed by atoms with Gasteiger partial charge in [0.05, 0.1) is 12.2 Å². The maximum absolute atomic E-state index is 9.85. The second kappa shape index (κ2) is 15.3. The lowest BCUT2D eigenvalue weighted by Gasteiger charge is -2.11. The number of hydrogen-bond acceptors (Lipinski definition) is 2. The fourth-order valence-electron chi connectivity index (χ4n) is 2.65. The summed E-state index contributed by atoms with van der Waals surface area (Å²) in [5.41, 5.74) is 0. The van der Waals surface area contributed by atoms with Crippen molar-refractivity contribution >= 4 is 0 Å². The standard InChI is InChI=1S/C18H38O2/c1-3-5-7-10-14-18(20)16-12-9-8-11-15-17(19)13-6-4-2/h17-20H,3-16H2,1-2H3. The van der Waals surface area contributed by atoms with Crippen LogP contribution in [0.15, 0.2) is 0 Å². The van der Waals surface area contributed by atoms with E-state index < -0.39 is 0 Å². The molecule has 20 heavy (non-hydrogen) atoms. The predicted octanol–water partition coefficient (Wildman–Crippen LogP) is 5.21. The smallest absolute Gasteiger partial charge is 0.0540 e. The van der Waals surface area contributed by atoms with Gasteiger partial charge in [0.25, 0.3) is 0 Å². The average Bonchev–Trinajstić information content (AvgIpc) is 2.45. The van der Waals surface area contributed by atoms with Crippen LogP contribution in [0.3, 0.4) is 0 Å². The molecule has 0 aromatic carbocycles. The molecule has 0 rings (SSSR count). The van der Waals surface area contributed by atoms with Gasteiger partial charge in [-0.15, -0.1) is 0 Å². The van der Waals surface area contributed by atoms with Gasteiger partial charge in [-0.25, -0.2) is 0 Å². The third-order valence-electron chi connectivity index (χ3n) is 4.11. The van der Waals surface area contributed by atoms with E-state index in [1.165, 1.54) is 44.9 Å². The molecule has 0 aliphatic heterocycles. The van der Waals surface area contributed by atoms with Crippen LogP contribution in [0.1, 0.15) is 104 Å². The third kappa shape index (κ3) is 14.3. The Labute approximate surface area is 127 Å². The lowest BCUT2D eigenvalue weighted by molar-refractivity contribution is 0.142. The zero-order valence-electron chi connectivity index (χ0n) is 13.9. The number of aliphatic hydroxyl groups excluding tert-OH is 2. The molecule has 122 valence electrons. The van der Waals surface area contributed by atoms with Crippen molar-refractivity contribution in [2.45, 2.75) is 116 Å². The minimum Gasteiger partial charge on any atom is -0.393 e. The zero-order valence-corrected chi connectivity index (χ0v) is 13.9. The van der Waals surface area contributed by atoms with Gasteiger partial charge in [0, 0.05) is 0 Å². The monoisotopic (exact) mass is 286 g/mol. The molecular formula is C18H38O2. The van der Waals surface area contributed by atoms with Crippen LogP contribution in [0, 0.1) is 0 Å². The summed E-state index contributed by atoms with van der Waals surface area (Å²) in [6, 6.07) is 0. The summed E-state index contributed by atoms with van der Waals surface area (Å²) in [7, 11) is 0. The molecule has 0 amide bonds. The lowest BCUT2D eigenvalue weighted by atomic mass is 10.0. The van der Waals surface area contributed by atoms with E-state index in [-0.39, 0.29) is 12.2 Å². The lowest BCUT2D eigenvalue weighted by Crippen LogP contribution is -2.07. The SMILES string of the molecule is CCCCCCC(O)CCCCCCC(O)CCCC. The highest BCUT2D eigenvalue weighted by Gasteiger charge is 2.05. The van der Waals surface area contributed by atoms with Gasteiger partial charge in [-0.3, -0.25) is 0 Å². The van der Waals surface area contributed by atoms with Gasteiger partial charge in [0.15, 0.2) is 0 Å². The van der Waals surface area contributed by atoms with E-state index in [2.05, 4.69) is 13.8 Å². The van der Waals surface area contributed by atoms with Crippen molar-refractivity contribution in [1.82, 2.24) is 0 Å². The van der Waals surface area contributed by atoms with E-state index in [0.717, 1.165) is 44.9 Å². The molecule has 0 saturated heterocycles. The highest BCUT2D eigenvalue weighted by Crippen LogP contribution is 2.14. The zero-order chi connectivity index (χ0) is 15.1. The molecule has 0 aromatic rings. The van der Waals surface area contributed by atoms with Gasteiger partial charge >= 0.3 is 0 Å². The number of hydrogen-bond donors (Lipinski definition) is 2. The van der Waals surface area contributed by atoms with E-state index >= 15 is 0 Å². The van der Waals surface area contributed by atoms with Crippen molar-refractivity contribution in [3.63, 3.8) is 0 Å². The summed E-state index contributed by atoms with van der Waals surface area (Å²) in [4.78, 5) is 0. The second-order valence-electron chi connectivity index (χ2n) is 6.29. The molecule has 0 aliphatic carbocycles. The van der Waals surface area contributed by atoms with Crippen LogP contribution in [0.2, 0.25) is 0 Å². The van der Waals surface area contributed by atoms with E-state index in [4.69, 9.17) is 0 Å². The van der Waals surface area contributed by atoms with Crippen molar-refractivity contribution in [2.24, 2.45) is 0 Å². The molecule has 2 unspecified atom stereocenters. The van der Waals surface area contributed by atoms with Crippen LogP contribution >= 0.6 is 0 Å². The van der Waals surface area contributed by atoms with Crippen LogP contribution in [0.4, 0.5) is 0 Å². The van der Waals surface area contributed by atoms with Gasteiger partial charge in [0.1, 0.15) is 0 Å². The Kier molecular flexibility index (Phi) is 15.3. The number of aliphatic hydroxyl groups is 2. The molecule has 0 saturated carbocycles. The van der Waals surface area contributed by atoms with E-state index in [0.29, 0.717) is 0 Å². The first-order valence-corrected chi connectivity index (χ1v) is 9.06. The van der Waals surface area contributed by atoms with Crippen LogP contribution < -0.4 is 0 Å². The summed E-state index contributed by atoms with van der Waals surface area (Å²) < 4.78 is 0. The van der Waals surface area contributed by atoms with Crippen LogP contribution in [0.25, 0.3) is 0 Å². The third-order valence-corrected chi connectivity index (χ3v) is 4.11. The summed E-state index contributed by atoms with van der Waals surface area (Å²) in [5.74, 6) is 0. The topological polar surface area (TPSA) is 40.5 Å². The van der Waals surface area contributed by atoms with Crippen molar-refractivity contribution in [3.05, 3.63) is 0 Å². The Morgan fingerprint density at radius 1 is 0.500 bits per heavy atom. The average molecular weight is 286 g/mol. The van der Waals surface area contributed by atoms with Crippen molar-refractivity contribution in [3.8, 4) is 0 Å². The predicted molar refractivity (Wildman–Crippen MR) is 88.0 cm³/mol. The van der Waals surface area contributed by atoms with E-state index in [9.17, 15) is 10.2 Å². The normalized spacial score (nSPS) is 14.4. The Morgan fingerprint density at radius 3 is 1.25 bits per heavy atom. The van der Waals surface area contributed by atoms with Crippen molar-refractivity contribution in [1.29, 1.82) is 0 Å². The van der Waals surface area contributed by atoms with E-state index in [1.807, 2.05) is 0 Å². The molecule has 2 atom stereocenters. The van der Waals surface area contributed by atoms with Gasteiger partial charge in [-0.05, 0) is 25.7 Å². The molecule has 0 aromatic heterocycles. The molecule has 0 heterocycles. The molecule has 0 aliphatic rings. The molecule has 0 spiro atoms. The molecule has 2 N–H and O–H groups in total. The van der Waals surface area contributed by atoms with Gasteiger partial charge < -0.3 is 10.2 Å². The van der Waals surface area contributed by atoms with Crippen LogP contribution in [0.5, 0.6) is 0 Å². The first-order chi connectivity index (χ1) is 9.70. The van der Waals surface area contributed by atoms with Gasteiger partial charge in [-0.2, -0.15) is 0 Å². The fourth-order valence-corrected chi connectivity index (χ4v) is 2.65. The van der Waals surface area contributed by atoms with Crippen LogP contribution in [-0.4, -0.2) is 22.4 Å². The summed E-state index contributed by atoms with van der Waals surface area (Å²) in [5, 5.41) is 19.6. The second-order valence-corrected chi connectivity index (χ2v) is 6.29.